The van der Waals surface area contributed by atoms with E-state index in [1.807, 2.05) is 0 Å². The van der Waals surface area contributed by atoms with E-state index in [4.69, 9.17) is 5.11 Å². The summed E-state index contributed by atoms with van der Waals surface area (Å²) >= 11 is 0. The number of nitrogens with one attached hydrogen (secondary N) is 1. The average Bonchev–Trinajstić information content (AvgIpc) is 2.15. The average molecular weight is 228 g/mol. The molecule has 1 fully saturated rings. The zero-order valence-electron chi connectivity index (χ0n) is 10.8. The van der Waals surface area contributed by atoms with Gasteiger partial charge in [-0.3, -0.25) is 0 Å². The first-order chi connectivity index (χ1) is 7.31. The molecular formula is C12H24N2O2. The molecule has 1 rings (SSSR count). The minimum Gasteiger partial charge on any atom is -0.465 e. The summed E-state index contributed by atoms with van der Waals surface area (Å²) in [4.78, 5) is 12.7. The van der Waals surface area contributed by atoms with Gasteiger partial charge in [0.05, 0.1) is 6.04 Å². The highest BCUT2D eigenvalue weighted by atomic mass is 16.4. The molecule has 2 atom stereocenters. The molecule has 0 aliphatic carbocycles. The molecular weight excluding hydrogens is 204 g/mol. The molecule has 1 aliphatic rings. The third kappa shape index (κ3) is 3.67. The van der Waals surface area contributed by atoms with Gasteiger partial charge in [0.1, 0.15) is 0 Å². The van der Waals surface area contributed by atoms with E-state index in [-0.39, 0.29) is 11.5 Å². The number of amides is 1. The first-order valence-corrected chi connectivity index (χ1v) is 6.01. The summed E-state index contributed by atoms with van der Waals surface area (Å²) in [5.41, 5.74) is 0.251. The molecule has 0 bridgehead atoms. The Hall–Kier alpha value is -0.770. The second-order valence-corrected chi connectivity index (χ2v) is 5.99. The Bertz CT molecular complexity index is 248. The third-order valence-corrected chi connectivity index (χ3v) is 3.12. The summed E-state index contributed by atoms with van der Waals surface area (Å²) in [6.07, 6.45) is 0.260. The highest BCUT2D eigenvalue weighted by Gasteiger charge is 2.32. The van der Waals surface area contributed by atoms with Crippen LogP contribution in [-0.2, 0) is 0 Å². The van der Waals surface area contributed by atoms with Crippen LogP contribution in [0.5, 0.6) is 0 Å². The van der Waals surface area contributed by atoms with Crippen LogP contribution in [-0.4, -0.2) is 41.8 Å². The minimum atomic E-state index is -0.785. The number of piperazine rings is 1. The Morgan fingerprint density at radius 1 is 1.56 bits per heavy atom. The van der Waals surface area contributed by atoms with E-state index in [2.05, 4.69) is 33.0 Å². The second-order valence-electron chi connectivity index (χ2n) is 5.99. The van der Waals surface area contributed by atoms with Crippen LogP contribution in [0.25, 0.3) is 0 Å². The van der Waals surface area contributed by atoms with Crippen LogP contribution in [0.4, 0.5) is 4.79 Å². The Morgan fingerprint density at radius 3 is 2.69 bits per heavy atom. The molecule has 1 unspecified atom stereocenters. The molecule has 94 valence electrons. The van der Waals surface area contributed by atoms with Crippen molar-refractivity contribution in [1.29, 1.82) is 0 Å². The summed E-state index contributed by atoms with van der Waals surface area (Å²) in [6.45, 7) is 10.9. The van der Waals surface area contributed by atoms with E-state index in [1.165, 1.54) is 0 Å². The number of hydrogen-bond acceptors (Lipinski definition) is 2. The van der Waals surface area contributed by atoms with Gasteiger partial charge in [-0.05, 0) is 17.8 Å². The van der Waals surface area contributed by atoms with Crippen molar-refractivity contribution in [1.82, 2.24) is 10.2 Å². The van der Waals surface area contributed by atoms with Crippen molar-refractivity contribution in [3.8, 4) is 0 Å². The van der Waals surface area contributed by atoms with E-state index >= 15 is 0 Å². The van der Waals surface area contributed by atoms with Gasteiger partial charge < -0.3 is 15.3 Å². The molecule has 1 heterocycles. The maximum Gasteiger partial charge on any atom is 0.407 e. The third-order valence-electron chi connectivity index (χ3n) is 3.12. The lowest BCUT2D eigenvalue weighted by atomic mass is 9.81. The Morgan fingerprint density at radius 2 is 2.19 bits per heavy atom. The van der Waals surface area contributed by atoms with Crippen LogP contribution in [0.3, 0.4) is 0 Å². The van der Waals surface area contributed by atoms with E-state index in [0.29, 0.717) is 12.5 Å². The van der Waals surface area contributed by atoms with Gasteiger partial charge in [0.15, 0.2) is 0 Å². The first kappa shape index (κ1) is 13.3. The van der Waals surface area contributed by atoms with Crippen molar-refractivity contribution in [2.75, 3.05) is 19.6 Å². The minimum absolute atomic E-state index is 0.116. The van der Waals surface area contributed by atoms with Crippen molar-refractivity contribution in [3.63, 3.8) is 0 Å². The molecule has 0 saturated carbocycles. The standard InChI is InChI=1S/C12H24N2O2/c1-9(7-12(2,3)4)10-8-13-5-6-14(10)11(15)16/h9-10,13H,5-8H2,1-4H3,(H,15,16)/t9?,10-/m1/s1. The van der Waals surface area contributed by atoms with Gasteiger partial charge >= 0.3 is 6.09 Å². The summed E-state index contributed by atoms with van der Waals surface area (Å²) in [5, 5.41) is 12.4. The maximum atomic E-state index is 11.1. The van der Waals surface area contributed by atoms with Crippen molar-refractivity contribution in [3.05, 3.63) is 0 Å². The zero-order chi connectivity index (χ0) is 12.3. The monoisotopic (exact) mass is 228 g/mol. The number of carboxylic acid groups (broad SMARTS) is 1. The SMILES string of the molecule is CC(CC(C)(C)C)[C@H]1CNCCN1C(=O)O. The molecule has 16 heavy (non-hydrogen) atoms. The molecule has 2 N–H and O–H groups in total. The van der Waals surface area contributed by atoms with Crippen LogP contribution in [0, 0.1) is 11.3 Å². The molecule has 4 heteroatoms. The summed E-state index contributed by atoms with van der Waals surface area (Å²) in [5.74, 6) is 0.392. The maximum absolute atomic E-state index is 11.1. The van der Waals surface area contributed by atoms with Crippen LogP contribution in [0.2, 0.25) is 0 Å². The number of rotatable bonds is 2. The topological polar surface area (TPSA) is 52.6 Å². The van der Waals surface area contributed by atoms with Crippen LogP contribution >= 0.6 is 0 Å². The highest BCUT2D eigenvalue weighted by Crippen LogP contribution is 2.28. The fraction of sp³-hybridized carbons (Fsp3) is 0.917. The molecule has 0 radical (unpaired) electrons. The number of hydrogen-bond donors (Lipinski definition) is 2. The van der Waals surface area contributed by atoms with Gasteiger partial charge in [-0.1, -0.05) is 27.7 Å². The Balaban J connectivity index is 2.64. The van der Waals surface area contributed by atoms with Gasteiger partial charge in [0, 0.05) is 19.6 Å². The van der Waals surface area contributed by atoms with Crippen LogP contribution in [0.1, 0.15) is 34.1 Å². The zero-order valence-corrected chi connectivity index (χ0v) is 10.8. The summed E-state index contributed by atoms with van der Waals surface area (Å²) in [7, 11) is 0. The fourth-order valence-corrected chi connectivity index (χ4v) is 2.57. The smallest absolute Gasteiger partial charge is 0.407 e. The summed E-state index contributed by atoms with van der Waals surface area (Å²) < 4.78 is 0. The van der Waals surface area contributed by atoms with E-state index in [0.717, 1.165) is 19.5 Å². The lowest BCUT2D eigenvalue weighted by Crippen LogP contribution is -2.56. The van der Waals surface area contributed by atoms with Gasteiger partial charge in [-0.15, -0.1) is 0 Å². The van der Waals surface area contributed by atoms with Crippen molar-refractivity contribution in [2.24, 2.45) is 11.3 Å². The fourth-order valence-electron chi connectivity index (χ4n) is 2.57. The molecule has 1 aliphatic heterocycles. The second kappa shape index (κ2) is 5.04. The molecule has 1 amide bonds. The van der Waals surface area contributed by atoms with Gasteiger partial charge in [-0.25, -0.2) is 4.79 Å². The van der Waals surface area contributed by atoms with Crippen molar-refractivity contribution in [2.45, 2.75) is 40.2 Å². The van der Waals surface area contributed by atoms with Crippen molar-refractivity contribution < 1.29 is 9.90 Å². The van der Waals surface area contributed by atoms with Crippen molar-refractivity contribution >= 4 is 6.09 Å². The predicted molar refractivity (Wildman–Crippen MR) is 64.6 cm³/mol. The molecule has 0 aromatic rings. The normalized spacial score (nSPS) is 24.2. The molecule has 0 aromatic heterocycles. The van der Waals surface area contributed by atoms with E-state index < -0.39 is 6.09 Å². The van der Waals surface area contributed by atoms with E-state index in [9.17, 15) is 4.79 Å². The highest BCUT2D eigenvalue weighted by molar-refractivity contribution is 5.65. The lowest BCUT2D eigenvalue weighted by molar-refractivity contribution is 0.0821. The van der Waals surface area contributed by atoms with Gasteiger partial charge in [-0.2, -0.15) is 0 Å². The van der Waals surface area contributed by atoms with Crippen LogP contribution in [0.15, 0.2) is 0 Å². The predicted octanol–water partition coefficient (Wildman–Crippen LogP) is 2.01. The quantitative estimate of drug-likeness (QED) is 0.760. The van der Waals surface area contributed by atoms with Gasteiger partial charge in [0.2, 0.25) is 0 Å². The summed E-state index contributed by atoms with van der Waals surface area (Å²) in [6, 6.07) is 0.116. The van der Waals surface area contributed by atoms with Gasteiger partial charge in [0.25, 0.3) is 0 Å². The first-order valence-electron chi connectivity index (χ1n) is 6.01. The number of nitrogens with zero attached hydrogens (tertiary/aromatic N) is 1. The molecule has 0 aromatic carbocycles. The molecule has 4 nitrogen and oxygen atoms in total. The van der Waals surface area contributed by atoms with Crippen LogP contribution < -0.4 is 5.32 Å². The Kier molecular flexibility index (Phi) is 4.19. The van der Waals surface area contributed by atoms with E-state index in [1.54, 1.807) is 4.90 Å². The molecule has 1 saturated heterocycles. The largest absolute Gasteiger partial charge is 0.465 e. The molecule has 0 spiro atoms. The Labute approximate surface area is 98.0 Å². The number of carbonyl (C=O) groups is 1. The lowest BCUT2D eigenvalue weighted by Gasteiger charge is -2.39.